The number of imidazole rings is 1. The van der Waals surface area contributed by atoms with Crippen LogP contribution in [0.4, 0.5) is 0 Å². The molecular formula is C14H21N3O2. The van der Waals surface area contributed by atoms with Gasteiger partial charge in [-0.05, 0) is 18.6 Å². The average molecular weight is 263 g/mol. The molecule has 0 aliphatic heterocycles. The van der Waals surface area contributed by atoms with Crippen LogP contribution in [0.5, 0.6) is 0 Å². The minimum Gasteiger partial charge on any atom is -0.385 e. The summed E-state index contributed by atoms with van der Waals surface area (Å²) in [5.74, 6) is 0.898. The highest BCUT2D eigenvalue weighted by Crippen LogP contribution is 2.21. The van der Waals surface area contributed by atoms with Gasteiger partial charge in [-0.3, -0.25) is 0 Å². The van der Waals surface area contributed by atoms with Crippen molar-refractivity contribution in [1.29, 1.82) is 0 Å². The van der Waals surface area contributed by atoms with E-state index < -0.39 is 0 Å². The summed E-state index contributed by atoms with van der Waals surface area (Å²) in [6.07, 6.45) is 0.757. The van der Waals surface area contributed by atoms with E-state index in [-0.39, 0.29) is 6.04 Å². The molecule has 0 saturated carbocycles. The maximum atomic E-state index is 6.21. The van der Waals surface area contributed by atoms with Gasteiger partial charge in [-0.2, -0.15) is 0 Å². The molecular weight excluding hydrogens is 242 g/mol. The van der Waals surface area contributed by atoms with Crippen molar-refractivity contribution in [2.24, 2.45) is 5.73 Å². The number of aromatic nitrogens is 2. The van der Waals surface area contributed by atoms with Gasteiger partial charge < -0.3 is 19.8 Å². The van der Waals surface area contributed by atoms with E-state index in [0.29, 0.717) is 13.2 Å². The van der Waals surface area contributed by atoms with E-state index in [9.17, 15) is 0 Å². The highest BCUT2D eigenvalue weighted by Gasteiger charge is 2.16. The molecule has 104 valence electrons. The molecule has 2 rings (SSSR count). The molecule has 0 amide bonds. The first-order chi connectivity index (χ1) is 9.27. The van der Waals surface area contributed by atoms with Crippen molar-refractivity contribution < 1.29 is 9.47 Å². The van der Waals surface area contributed by atoms with Crippen LogP contribution < -0.4 is 5.73 Å². The first-order valence-electron chi connectivity index (χ1n) is 6.46. The molecule has 5 heteroatoms. The fraction of sp³-hybridized carbons (Fsp3) is 0.500. The third kappa shape index (κ3) is 3.12. The lowest BCUT2D eigenvalue weighted by Crippen LogP contribution is -2.19. The fourth-order valence-corrected chi connectivity index (χ4v) is 2.17. The molecule has 0 bridgehead atoms. The van der Waals surface area contributed by atoms with E-state index in [2.05, 4.69) is 15.6 Å². The Bertz CT molecular complexity index is 524. The van der Waals surface area contributed by atoms with Crippen molar-refractivity contribution in [3.05, 3.63) is 30.1 Å². The quantitative estimate of drug-likeness (QED) is 0.826. The summed E-state index contributed by atoms with van der Waals surface area (Å²) in [4.78, 5) is 4.65. The van der Waals surface area contributed by atoms with Crippen LogP contribution in [-0.2, 0) is 16.0 Å². The van der Waals surface area contributed by atoms with Gasteiger partial charge in [0, 0.05) is 27.4 Å². The Morgan fingerprint density at radius 1 is 1.21 bits per heavy atom. The van der Waals surface area contributed by atoms with E-state index in [4.69, 9.17) is 15.2 Å². The predicted octanol–water partition coefficient (Wildman–Crippen LogP) is 1.72. The third-order valence-corrected chi connectivity index (χ3v) is 3.17. The van der Waals surface area contributed by atoms with Crippen LogP contribution in [0.3, 0.4) is 0 Å². The monoisotopic (exact) mass is 263 g/mol. The highest BCUT2D eigenvalue weighted by molar-refractivity contribution is 5.76. The van der Waals surface area contributed by atoms with E-state index >= 15 is 0 Å². The van der Waals surface area contributed by atoms with Crippen LogP contribution in [-0.4, -0.2) is 37.0 Å². The molecule has 1 aromatic carbocycles. The second-order valence-electron chi connectivity index (χ2n) is 4.49. The van der Waals surface area contributed by atoms with Crippen molar-refractivity contribution in [3.8, 4) is 0 Å². The molecule has 1 heterocycles. The van der Waals surface area contributed by atoms with Crippen LogP contribution in [0, 0.1) is 0 Å². The molecule has 2 aromatic rings. The minimum atomic E-state index is -0.121. The van der Waals surface area contributed by atoms with Crippen LogP contribution >= 0.6 is 0 Å². The zero-order valence-electron chi connectivity index (χ0n) is 11.5. The number of methoxy groups -OCH3 is 2. The standard InChI is InChI=1S/C14H21N3O2/c1-18-9-7-11(15)14-16-12-5-3-4-6-13(12)17(14)8-10-19-2/h3-6,11H,7-10,15H2,1-2H3. The number of benzene rings is 1. The Hall–Kier alpha value is -1.43. The number of ether oxygens (including phenoxy) is 2. The molecule has 2 N–H and O–H groups in total. The Kier molecular flexibility index (Phi) is 4.90. The number of rotatable bonds is 7. The number of hydrogen-bond donors (Lipinski definition) is 1. The van der Waals surface area contributed by atoms with E-state index in [1.165, 1.54) is 0 Å². The summed E-state index contributed by atoms with van der Waals surface area (Å²) in [7, 11) is 3.38. The van der Waals surface area contributed by atoms with Crippen molar-refractivity contribution in [3.63, 3.8) is 0 Å². The number of nitrogens with two attached hydrogens (primary N) is 1. The van der Waals surface area contributed by atoms with Gasteiger partial charge in [0.15, 0.2) is 0 Å². The molecule has 0 fully saturated rings. The molecule has 0 aliphatic rings. The Morgan fingerprint density at radius 3 is 2.68 bits per heavy atom. The van der Waals surface area contributed by atoms with Crippen molar-refractivity contribution in [2.45, 2.75) is 19.0 Å². The van der Waals surface area contributed by atoms with Gasteiger partial charge >= 0.3 is 0 Å². The summed E-state index contributed by atoms with van der Waals surface area (Å²) in [5, 5.41) is 0. The van der Waals surface area contributed by atoms with Gasteiger partial charge in [0.05, 0.1) is 23.7 Å². The Labute approximate surface area is 113 Å². The Morgan fingerprint density at radius 2 is 1.95 bits per heavy atom. The second-order valence-corrected chi connectivity index (χ2v) is 4.49. The first-order valence-corrected chi connectivity index (χ1v) is 6.46. The summed E-state index contributed by atoms with van der Waals surface area (Å²) in [6, 6.07) is 7.94. The van der Waals surface area contributed by atoms with E-state index in [1.807, 2.05) is 18.2 Å². The third-order valence-electron chi connectivity index (χ3n) is 3.17. The van der Waals surface area contributed by atoms with Gasteiger partial charge in [-0.25, -0.2) is 4.98 Å². The summed E-state index contributed by atoms with van der Waals surface area (Å²) >= 11 is 0. The topological polar surface area (TPSA) is 62.3 Å². The van der Waals surface area contributed by atoms with Gasteiger partial charge in [0.25, 0.3) is 0 Å². The van der Waals surface area contributed by atoms with Gasteiger partial charge in [0.2, 0.25) is 0 Å². The maximum Gasteiger partial charge on any atom is 0.127 e. The van der Waals surface area contributed by atoms with E-state index in [0.717, 1.165) is 29.8 Å². The van der Waals surface area contributed by atoms with Crippen LogP contribution in [0.1, 0.15) is 18.3 Å². The zero-order chi connectivity index (χ0) is 13.7. The molecule has 0 aliphatic carbocycles. The molecule has 5 nitrogen and oxygen atoms in total. The van der Waals surface area contributed by atoms with E-state index in [1.54, 1.807) is 14.2 Å². The Balaban J connectivity index is 2.34. The van der Waals surface area contributed by atoms with Crippen molar-refractivity contribution in [1.82, 2.24) is 9.55 Å². The van der Waals surface area contributed by atoms with Crippen LogP contribution in [0.2, 0.25) is 0 Å². The van der Waals surface area contributed by atoms with Crippen LogP contribution in [0.15, 0.2) is 24.3 Å². The van der Waals surface area contributed by atoms with Crippen molar-refractivity contribution >= 4 is 11.0 Å². The second kappa shape index (κ2) is 6.65. The molecule has 0 spiro atoms. The lowest BCUT2D eigenvalue weighted by atomic mass is 10.2. The van der Waals surface area contributed by atoms with Gasteiger partial charge in [-0.15, -0.1) is 0 Å². The first kappa shape index (κ1) is 14.0. The van der Waals surface area contributed by atoms with Crippen LogP contribution in [0.25, 0.3) is 11.0 Å². The zero-order valence-corrected chi connectivity index (χ0v) is 11.5. The fourth-order valence-electron chi connectivity index (χ4n) is 2.17. The van der Waals surface area contributed by atoms with Crippen molar-refractivity contribution in [2.75, 3.05) is 27.4 Å². The predicted molar refractivity (Wildman–Crippen MR) is 75.0 cm³/mol. The van der Waals surface area contributed by atoms with Gasteiger partial charge in [-0.1, -0.05) is 12.1 Å². The summed E-state index contributed by atoms with van der Waals surface area (Å²) < 4.78 is 12.4. The SMILES string of the molecule is COCCC(N)c1nc2ccccc2n1CCOC. The molecule has 0 radical (unpaired) electrons. The minimum absolute atomic E-state index is 0.121. The molecule has 1 aromatic heterocycles. The number of hydrogen-bond acceptors (Lipinski definition) is 4. The highest BCUT2D eigenvalue weighted by atomic mass is 16.5. The summed E-state index contributed by atoms with van der Waals surface area (Å²) in [5.41, 5.74) is 8.29. The number of fused-ring (bicyclic) bond motifs is 1. The average Bonchev–Trinajstić information content (AvgIpc) is 2.81. The molecule has 19 heavy (non-hydrogen) atoms. The molecule has 1 atom stereocenters. The lowest BCUT2D eigenvalue weighted by Gasteiger charge is -2.14. The normalized spacial score (nSPS) is 13.0. The largest absolute Gasteiger partial charge is 0.385 e. The number of nitrogens with zero attached hydrogens (tertiary/aromatic N) is 2. The number of para-hydroxylation sites is 2. The smallest absolute Gasteiger partial charge is 0.127 e. The molecule has 1 unspecified atom stereocenters. The van der Waals surface area contributed by atoms with Gasteiger partial charge in [0.1, 0.15) is 5.82 Å². The maximum absolute atomic E-state index is 6.21. The lowest BCUT2D eigenvalue weighted by molar-refractivity contribution is 0.180. The molecule has 0 saturated heterocycles. The summed E-state index contributed by atoms with van der Waals surface area (Å²) in [6.45, 7) is 2.03.